The van der Waals surface area contributed by atoms with E-state index in [1.807, 2.05) is 0 Å². The average Bonchev–Trinajstić information content (AvgIpc) is 3.36. The van der Waals surface area contributed by atoms with Crippen molar-refractivity contribution in [3.8, 4) is 11.3 Å². The van der Waals surface area contributed by atoms with Gasteiger partial charge < -0.3 is 10.4 Å². The monoisotopic (exact) mass is 425 g/mol. The van der Waals surface area contributed by atoms with Crippen molar-refractivity contribution in [2.45, 2.75) is 25.2 Å². The molecule has 2 aromatic heterocycles. The predicted molar refractivity (Wildman–Crippen MR) is 92.2 cm³/mol. The standard InChI is InChI=1S/C18H15F4N5O3/c19-12-6-23-13(10-4-25-16(26-5-10)18(20,21)22)2-8(12)3-24-15(28)14-11-1-9(11)7-27(14)17(29)30/h2,4-6,9,11,14H,1,3,7H2,(H,24,28)(H,29,30)/t9-,11-,14?/m0/s1. The maximum absolute atomic E-state index is 14.1. The van der Waals surface area contributed by atoms with Crippen LogP contribution in [-0.4, -0.2) is 49.5 Å². The van der Waals surface area contributed by atoms with Gasteiger partial charge in [0, 0.05) is 36.6 Å². The number of hydrogen-bond acceptors (Lipinski definition) is 5. The molecule has 0 spiro atoms. The Morgan fingerprint density at radius 1 is 1.20 bits per heavy atom. The topological polar surface area (TPSA) is 108 Å². The zero-order valence-electron chi connectivity index (χ0n) is 15.2. The van der Waals surface area contributed by atoms with Crippen LogP contribution in [0.3, 0.4) is 0 Å². The van der Waals surface area contributed by atoms with Crippen molar-refractivity contribution < 1.29 is 32.3 Å². The Bertz CT molecular complexity index is 998. The summed E-state index contributed by atoms with van der Waals surface area (Å²) >= 11 is 0. The number of nitrogens with zero attached hydrogens (tertiary/aromatic N) is 4. The number of carbonyl (C=O) groups excluding carboxylic acids is 1. The van der Waals surface area contributed by atoms with E-state index in [4.69, 9.17) is 0 Å². The summed E-state index contributed by atoms with van der Waals surface area (Å²) < 4.78 is 51.9. The summed E-state index contributed by atoms with van der Waals surface area (Å²) in [5.41, 5.74) is 0.314. The van der Waals surface area contributed by atoms with Gasteiger partial charge in [-0.2, -0.15) is 13.2 Å². The molecule has 12 heteroatoms. The van der Waals surface area contributed by atoms with Gasteiger partial charge in [-0.1, -0.05) is 0 Å². The molecule has 1 saturated carbocycles. The van der Waals surface area contributed by atoms with Gasteiger partial charge in [-0.05, 0) is 24.3 Å². The molecule has 1 saturated heterocycles. The first kappa shape index (κ1) is 20.0. The summed E-state index contributed by atoms with van der Waals surface area (Å²) in [6.07, 6.45) is -2.35. The molecule has 2 aromatic rings. The molecule has 0 bridgehead atoms. The Hall–Kier alpha value is -3.31. The summed E-state index contributed by atoms with van der Waals surface area (Å²) in [4.78, 5) is 35.2. The van der Waals surface area contributed by atoms with Crippen LogP contribution in [0.5, 0.6) is 0 Å². The van der Waals surface area contributed by atoms with E-state index in [-0.39, 0.29) is 35.2 Å². The minimum absolute atomic E-state index is 0.0248. The maximum Gasteiger partial charge on any atom is 0.451 e. The molecule has 158 valence electrons. The van der Waals surface area contributed by atoms with Crippen molar-refractivity contribution in [2.75, 3.05) is 6.54 Å². The van der Waals surface area contributed by atoms with E-state index in [1.165, 1.54) is 6.07 Å². The first-order valence-electron chi connectivity index (χ1n) is 8.96. The van der Waals surface area contributed by atoms with Crippen LogP contribution in [0, 0.1) is 17.7 Å². The van der Waals surface area contributed by atoms with Crippen LogP contribution < -0.4 is 5.32 Å². The zero-order chi connectivity index (χ0) is 21.6. The largest absolute Gasteiger partial charge is 0.465 e. The zero-order valence-corrected chi connectivity index (χ0v) is 15.2. The van der Waals surface area contributed by atoms with Gasteiger partial charge in [-0.25, -0.2) is 19.2 Å². The van der Waals surface area contributed by atoms with Crippen molar-refractivity contribution in [1.29, 1.82) is 0 Å². The minimum atomic E-state index is -4.69. The van der Waals surface area contributed by atoms with Gasteiger partial charge in [0.15, 0.2) is 0 Å². The van der Waals surface area contributed by atoms with Crippen LogP contribution >= 0.6 is 0 Å². The predicted octanol–water partition coefficient (Wildman–Crippen LogP) is 2.31. The van der Waals surface area contributed by atoms with E-state index in [9.17, 15) is 32.3 Å². The second-order valence-corrected chi connectivity index (χ2v) is 7.21. The number of halogens is 4. The lowest BCUT2D eigenvalue weighted by molar-refractivity contribution is -0.145. The molecule has 2 fully saturated rings. The van der Waals surface area contributed by atoms with Gasteiger partial charge in [-0.3, -0.25) is 14.7 Å². The molecule has 8 nitrogen and oxygen atoms in total. The molecule has 1 aliphatic heterocycles. The molecular weight excluding hydrogens is 410 g/mol. The van der Waals surface area contributed by atoms with E-state index in [2.05, 4.69) is 20.3 Å². The summed E-state index contributed by atoms with van der Waals surface area (Å²) in [6, 6.07) is 0.464. The Labute approximate surface area is 167 Å². The lowest BCUT2D eigenvalue weighted by Gasteiger charge is -2.23. The van der Waals surface area contributed by atoms with Crippen molar-refractivity contribution in [1.82, 2.24) is 25.2 Å². The lowest BCUT2D eigenvalue weighted by Crippen LogP contribution is -2.47. The number of piperidine rings is 1. The fourth-order valence-corrected chi connectivity index (χ4v) is 3.67. The average molecular weight is 425 g/mol. The second kappa shape index (κ2) is 7.18. The van der Waals surface area contributed by atoms with Gasteiger partial charge in [0.05, 0.1) is 11.9 Å². The number of amides is 2. The molecule has 1 unspecified atom stereocenters. The molecule has 2 N–H and O–H groups in total. The lowest BCUT2D eigenvalue weighted by atomic mass is 10.1. The van der Waals surface area contributed by atoms with Crippen LogP contribution in [0.15, 0.2) is 24.7 Å². The maximum atomic E-state index is 14.1. The van der Waals surface area contributed by atoms with E-state index in [0.717, 1.165) is 29.9 Å². The number of nitrogens with one attached hydrogen (secondary N) is 1. The number of aromatic nitrogens is 3. The van der Waals surface area contributed by atoms with Crippen molar-refractivity contribution in [3.05, 3.63) is 41.9 Å². The van der Waals surface area contributed by atoms with Crippen LogP contribution in [0.25, 0.3) is 11.3 Å². The van der Waals surface area contributed by atoms with Crippen molar-refractivity contribution in [3.63, 3.8) is 0 Å². The molecule has 2 aliphatic rings. The van der Waals surface area contributed by atoms with E-state index >= 15 is 0 Å². The Balaban J connectivity index is 1.47. The van der Waals surface area contributed by atoms with Crippen molar-refractivity contribution >= 4 is 12.0 Å². The quantitative estimate of drug-likeness (QED) is 0.728. The number of alkyl halides is 3. The first-order chi connectivity index (χ1) is 14.1. The third kappa shape index (κ3) is 3.76. The number of carbonyl (C=O) groups is 2. The normalized spacial score (nSPS) is 22.5. The number of rotatable bonds is 4. The molecule has 30 heavy (non-hydrogen) atoms. The molecule has 3 atom stereocenters. The Kier molecular flexibility index (Phi) is 4.79. The second-order valence-electron chi connectivity index (χ2n) is 7.21. The number of likely N-dealkylation sites (tertiary alicyclic amines) is 1. The summed E-state index contributed by atoms with van der Waals surface area (Å²) in [6.45, 7) is 0.0722. The number of hydrogen-bond donors (Lipinski definition) is 2. The highest BCUT2D eigenvalue weighted by atomic mass is 19.4. The fourth-order valence-electron chi connectivity index (χ4n) is 3.67. The van der Waals surface area contributed by atoms with Gasteiger partial charge in [0.2, 0.25) is 11.7 Å². The van der Waals surface area contributed by atoms with Crippen LogP contribution in [0.1, 0.15) is 17.8 Å². The molecule has 2 amide bonds. The number of carboxylic acid groups (broad SMARTS) is 1. The summed E-state index contributed by atoms with van der Waals surface area (Å²) in [5, 5.41) is 11.8. The van der Waals surface area contributed by atoms with E-state index in [1.54, 1.807) is 0 Å². The number of pyridine rings is 1. The first-order valence-corrected chi connectivity index (χ1v) is 8.96. The Morgan fingerprint density at radius 2 is 1.90 bits per heavy atom. The summed E-state index contributed by atoms with van der Waals surface area (Å²) in [5.74, 6) is -2.39. The fraction of sp³-hybridized carbons (Fsp3) is 0.389. The molecule has 3 heterocycles. The number of fused-ring (bicyclic) bond motifs is 1. The molecular formula is C18H15F4N5O3. The highest BCUT2D eigenvalue weighted by Gasteiger charge is 2.57. The third-order valence-corrected chi connectivity index (χ3v) is 5.25. The van der Waals surface area contributed by atoms with Crippen LogP contribution in [0.4, 0.5) is 22.4 Å². The van der Waals surface area contributed by atoms with Gasteiger partial charge in [0.1, 0.15) is 11.9 Å². The minimum Gasteiger partial charge on any atom is -0.465 e. The van der Waals surface area contributed by atoms with Gasteiger partial charge >= 0.3 is 12.3 Å². The van der Waals surface area contributed by atoms with E-state index in [0.29, 0.717) is 6.54 Å². The molecule has 0 radical (unpaired) electrons. The highest BCUT2D eigenvalue weighted by Crippen LogP contribution is 2.49. The van der Waals surface area contributed by atoms with Crippen LogP contribution in [0.2, 0.25) is 0 Å². The molecule has 4 rings (SSSR count). The third-order valence-electron chi connectivity index (χ3n) is 5.25. The van der Waals surface area contributed by atoms with E-state index < -0.39 is 35.9 Å². The molecule has 1 aliphatic carbocycles. The van der Waals surface area contributed by atoms with Crippen LogP contribution in [-0.2, 0) is 17.5 Å². The van der Waals surface area contributed by atoms with Crippen molar-refractivity contribution in [2.24, 2.45) is 11.8 Å². The van der Waals surface area contributed by atoms with Gasteiger partial charge in [0.25, 0.3) is 0 Å². The summed E-state index contributed by atoms with van der Waals surface area (Å²) in [7, 11) is 0. The smallest absolute Gasteiger partial charge is 0.451 e. The SMILES string of the molecule is O=C(NCc1cc(-c2cnc(C(F)(F)F)nc2)ncc1F)C1[C@H]2C[C@H]2CN1C(=O)O. The highest BCUT2D eigenvalue weighted by molar-refractivity contribution is 5.87. The molecule has 0 aromatic carbocycles. The Morgan fingerprint density at radius 3 is 2.53 bits per heavy atom. The van der Waals surface area contributed by atoms with Gasteiger partial charge in [-0.15, -0.1) is 0 Å².